The average Bonchev–Trinajstić information content (AvgIpc) is 2.53. The maximum Gasteiger partial charge on any atom is 0.331 e. The summed E-state index contributed by atoms with van der Waals surface area (Å²) < 4.78 is 0. The number of hydrogen-bond acceptors (Lipinski definition) is 4. The molecule has 0 saturated heterocycles. The van der Waals surface area contributed by atoms with Crippen molar-refractivity contribution in [3.63, 3.8) is 0 Å². The average molecular weight is 398 g/mol. The lowest BCUT2D eigenvalue weighted by Gasteiger charge is -2.39. The van der Waals surface area contributed by atoms with E-state index in [1.54, 1.807) is 31.9 Å². The minimum Gasteiger partial charge on any atom is -0.478 e. The molecule has 7 heteroatoms. The van der Waals surface area contributed by atoms with Crippen molar-refractivity contribution in [2.75, 3.05) is 21.1 Å². The van der Waals surface area contributed by atoms with Gasteiger partial charge < -0.3 is 15.3 Å². The molecule has 28 heavy (non-hydrogen) atoms. The standard InChI is InChI=1S/C21H39N3O4/c1-13(2)15(12-14(3)18(26)27)24(11)17(25)16(20(4,5)6)22-19(28)21(7,8)23(9)10/h12-13,15-16H,1-11H3,(H,22,28)(H,26,27)/b14-12+/t15-,16?/m1/s1. The second kappa shape index (κ2) is 9.54. The zero-order valence-electron chi connectivity index (χ0n) is 19.4. The maximum absolute atomic E-state index is 13.3. The summed E-state index contributed by atoms with van der Waals surface area (Å²) in [7, 11) is 5.28. The molecule has 1 unspecified atom stereocenters. The van der Waals surface area contributed by atoms with Crippen LogP contribution < -0.4 is 5.32 Å². The molecule has 7 nitrogen and oxygen atoms in total. The Morgan fingerprint density at radius 2 is 1.46 bits per heavy atom. The van der Waals surface area contributed by atoms with Crippen LogP contribution in [0.4, 0.5) is 0 Å². The fraction of sp³-hybridized carbons (Fsp3) is 0.762. The first-order valence-corrected chi connectivity index (χ1v) is 9.61. The highest BCUT2D eigenvalue weighted by molar-refractivity contribution is 5.92. The first kappa shape index (κ1) is 26.1. The Morgan fingerprint density at radius 3 is 1.79 bits per heavy atom. The van der Waals surface area contributed by atoms with Crippen LogP contribution in [0.1, 0.15) is 55.4 Å². The van der Waals surface area contributed by atoms with E-state index in [9.17, 15) is 19.5 Å². The van der Waals surface area contributed by atoms with E-state index in [2.05, 4.69) is 5.32 Å². The van der Waals surface area contributed by atoms with Crippen molar-refractivity contribution in [2.24, 2.45) is 11.3 Å². The molecule has 0 spiro atoms. The Kier molecular flexibility index (Phi) is 8.90. The van der Waals surface area contributed by atoms with Crippen molar-refractivity contribution in [3.05, 3.63) is 11.6 Å². The molecule has 0 aromatic heterocycles. The second-order valence-corrected chi connectivity index (χ2v) is 9.56. The van der Waals surface area contributed by atoms with E-state index in [-0.39, 0.29) is 23.3 Å². The molecule has 0 heterocycles. The van der Waals surface area contributed by atoms with Crippen LogP contribution in [0.25, 0.3) is 0 Å². The number of carbonyl (C=O) groups excluding carboxylic acids is 2. The summed E-state index contributed by atoms with van der Waals surface area (Å²) in [4.78, 5) is 40.8. The Morgan fingerprint density at radius 1 is 1.00 bits per heavy atom. The number of rotatable bonds is 8. The van der Waals surface area contributed by atoms with E-state index < -0.39 is 29.0 Å². The molecule has 0 fully saturated rings. The molecule has 0 bridgehead atoms. The van der Waals surface area contributed by atoms with E-state index in [1.807, 2.05) is 48.7 Å². The Labute approximate surface area is 170 Å². The monoisotopic (exact) mass is 397 g/mol. The van der Waals surface area contributed by atoms with E-state index in [0.717, 1.165) is 0 Å². The van der Waals surface area contributed by atoms with E-state index >= 15 is 0 Å². The molecular formula is C21H39N3O4. The van der Waals surface area contributed by atoms with Crippen LogP contribution in [-0.4, -0.2) is 71.5 Å². The molecule has 0 aliphatic rings. The number of carbonyl (C=O) groups is 3. The number of amides is 2. The van der Waals surface area contributed by atoms with Gasteiger partial charge in [-0.1, -0.05) is 40.7 Å². The lowest BCUT2D eigenvalue weighted by molar-refractivity contribution is -0.142. The molecular weight excluding hydrogens is 358 g/mol. The van der Waals surface area contributed by atoms with Gasteiger partial charge in [-0.3, -0.25) is 14.5 Å². The Balaban J connectivity index is 5.87. The van der Waals surface area contributed by atoms with Crippen LogP contribution in [0, 0.1) is 11.3 Å². The van der Waals surface area contributed by atoms with Crippen LogP contribution in [0.3, 0.4) is 0 Å². The summed E-state index contributed by atoms with van der Waals surface area (Å²) in [5.41, 5.74) is -1.11. The van der Waals surface area contributed by atoms with E-state index in [4.69, 9.17) is 0 Å². The summed E-state index contributed by atoms with van der Waals surface area (Å²) in [6, 6.07) is -1.14. The zero-order valence-corrected chi connectivity index (χ0v) is 19.4. The van der Waals surface area contributed by atoms with Crippen LogP contribution in [0.2, 0.25) is 0 Å². The number of carboxylic acid groups (broad SMARTS) is 1. The minimum absolute atomic E-state index is 0.0118. The van der Waals surface area contributed by atoms with Crippen LogP contribution in [0.5, 0.6) is 0 Å². The number of likely N-dealkylation sites (N-methyl/N-ethyl adjacent to an activating group) is 2. The van der Waals surface area contributed by atoms with Crippen LogP contribution in [-0.2, 0) is 14.4 Å². The van der Waals surface area contributed by atoms with Crippen molar-refractivity contribution < 1.29 is 19.5 Å². The van der Waals surface area contributed by atoms with Gasteiger partial charge in [-0.15, -0.1) is 0 Å². The number of carboxylic acids is 1. The van der Waals surface area contributed by atoms with Gasteiger partial charge in [0.05, 0.1) is 11.6 Å². The van der Waals surface area contributed by atoms with E-state index in [0.29, 0.717) is 0 Å². The first-order chi connectivity index (χ1) is 12.4. The highest BCUT2D eigenvalue weighted by atomic mass is 16.4. The summed E-state index contributed by atoms with van der Waals surface area (Å²) >= 11 is 0. The molecule has 0 radical (unpaired) electrons. The first-order valence-electron chi connectivity index (χ1n) is 9.61. The normalized spacial score (nSPS) is 15.4. The minimum atomic E-state index is -1.01. The lowest BCUT2D eigenvalue weighted by Crippen LogP contribution is -2.61. The molecule has 0 aromatic carbocycles. The van der Waals surface area contributed by atoms with Crippen molar-refractivity contribution in [3.8, 4) is 0 Å². The fourth-order valence-corrected chi connectivity index (χ4v) is 2.59. The van der Waals surface area contributed by atoms with Gasteiger partial charge in [0.2, 0.25) is 11.8 Å². The fourth-order valence-electron chi connectivity index (χ4n) is 2.59. The van der Waals surface area contributed by atoms with Gasteiger partial charge in [0.25, 0.3) is 0 Å². The topological polar surface area (TPSA) is 90.0 Å². The van der Waals surface area contributed by atoms with Gasteiger partial charge in [-0.05, 0) is 46.2 Å². The van der Waals surface area contributed by atoms with Gasteiger partial charge in [0.15, 0.2) is 0 Å². The third-order valence-electron chi connectivity index (χ3n) is 5.30. The zero-order chi connectivity index (χ0) is 22.6. The second-order valence-electron chi connectivity index (χ2n) is 9.56. The third kappa shape index (κ3) is 6.62. The largest absolute Gasteiger partial charge is 0.478 e. The summed E-state index contributed by atoms with van der Waals surface area (Å²) in [5, 5.41) is 12.1. The summed E-state index contributed by atoms with van der Waals surface area (Å²) in [6.45, 7) is 14.7. The predicted octanol–water partition coefficient (Wildman–Crippen LogP) is 2.37. The highest BCUT2D eigenvalue weighted by Crippen LogP contribution is 2.24. The van der Waals surface area contributed by atoms with Crippen LogP contribution >= 0.6 is 0 Å². The molecule has 2 N–H and O–H groups in total. The van der Waals surface area contributed by atoms with Crippen LogP contribution in [0.15, 0.2) is 11.6 Å². The molecule has 2 amide bonds. The van der Waals surface area contributed by atoms with Crippen molar-refractivity contribution in [2.45, 2.75) is 73.0 Å². The molecule has 0 aliphatic heterocycles. The molecule has 0 rings (SSSR count). The molecule has 2 atom stereocenters. The Bertz CT molecular complexity index is 616. The van der Waals surface area contributed by atoms with Crippen molar-refractivity contribution in [1.29, 1.82) is 0 Å². The molecule has 162 valence electrons. The van der Waals surface area contributed by atoms with Gasteiger partial charge in [-0.2, -0.15) is 0 Å². The number of nitrogens with zero attached hydrogens (tertiary/aromatic N) is 2. The highest BCUT2D eigenvalue weighted by Gasteiger charge is 2.40. The van der Waals surface area contributed by atoms with Gasteiger partial charge >= 0.3 is 5.97 Å². The van der Waals surface area contributed by atoms with Gasteiger partial charge in [0, 0.05) is 12.6 Å². The smallest absolute Gasteiger partial charge is 0.331 e. The molecule has 0 saturated carbocycles. The Hall–Kier alpha value is -1.89. The maximum atomic E-state index is 13.3. The van der Waals surface area contributed by atoms with Gasteiger partial charge in [-0.25, -0.2) is 4.79 Å². The van der Waals surface area contributed by atoms with E-state index in [1.165, 1.54) is 11.8 Å². The van der Waals surface area contributed by atoms with Crippen molar-refractivity contribution in [1.82, 2.24) is 15.1 Å². The molecule has 0 aliphatic carbocycles. The summed E-state index contributed by atoms with van der Waals surface area (Å²) in [5.74, 6) is -1.49. The predicted molar refractivity (Wildman–Crippen MR) is 112 cm³/mol. The SMILES string of the molecule is C/C(=C\[C@H](C(C)C)N(C)C(=O)C(NC(=O)C(C)(C)N(C)C)C(C)(C)C)C(=O)O. The van der Waals surface area contributed by atoms with Gasteiger partial charge in [0.1, 0.15) is 6.04 Å². The quantitative estimate of drug-likeness (QED) is 0.614. The molecule has 0 aromatic rings. The number of hydrogen-bond donors (Lipinski definition) is 2. The summed E-state index contributed by atoms with van der Waals surface area (Å²) in [6.07, 6.45) is 1.59. The van der Waals surface area contributed by atoms with Crippen molar-refractivity contribution >= 4 is 17.8 Å². The third-order valence-corrected chi connectivity index (χ3v) is 5.30. The number of aliphatic carboxylic acids is 1. The lowest BCUT2D eigenvalue weighted by atomic mass is 9.84. The number of nitrogens with one attached hydrogen (secondary N) is 1.